The maximum atomic E-state index is 11.2. The van der Waals surface area contributed by atoms with Crippen molar-refractivity contribution < 1.29 is 14.6 Å². The van der Waals surface area contributed by atoms with Crippen LogP contribution in [0.3, 0.4) is 0 Å². The molecule has 1 rings (SSSR count). The first-order valence-corrected chi connectivity index (χ1v) is 4.47. The van der Waals surface area contributed by atoms with Gasteiger partial charge in [0.15, 0.2) is 0 Å². The van der Waals surface area contributed by atoms with E-state index in [2.05, 4.69) is 4.98 Å². The van der Waals surface area contributed by atoms with E-state index in [-0.39, 0.29) is 30.4 Å². The Morgan fingerprint density at radius 2 is 2.33 bits per heavy atom. The normalized spacial score (nSPS) is 9.40. The standard InChI is InChI=1S/C9H12N2O3.Li.H/c1-2-3-4-8-10-7(9(12)13)5-6-11(8)14;;/h5-6H,2-4H2,1H3,(H,12,13);;. The second-order valence-corrected chi connectivity index (χ2v) is 2.96. The van der Waals surface area contributed by atoms with E-state index >= 15 is 0 Å². The van der Waals surface area contributed by atoms with Gasteiger partial charge in [-0.3, -0.25) is 0 Å². The molecule has 1 N–H and O–H groups in total. The van der Waals surface area contributed by atoms with E-state index in [0.717, 1.165) is 12.8 Å². The first kappa shape index (κ1) is 13.9. The molecule has 6 heteroatoms. The third-order valence-corrected chi connectivity index (χ3v) is 1.84. The molecule has 15 heavy (non-hydrogen) atoms. The molecule has 0 bridgehead atoms. The molecule has 1 heterocycles. The molecule has 0 saturated carbocycles. The van der Waals surface area contributed by atoms with Crippen LogP contribution in [0.25, 0.3) is 0 Å². The van der Waals surface area contributed by atoms with Crippen LogP contribution in [0.4, 0.5) is 0 Å². The van der Waals surface area contributed by atoms with Crippen molar-refractivity contribution in [2.45, 2.75) is 26.2 Å². The van der Waals surface area contributed by atoms with E-state index in [0.29, 0.717) is 11.2 Å². The summed E-state index contributed by atoms with van der Waals surface area (Å²) in [6.45, 7) is 2.00. The summed E-state index contributed by atoms with van der Waals surface area (Å²) in [6.07, 6.45) is 3.47. The molecule has 0 aromatic carbocycles. The van der Waals surface area contributed by atoms with Gasteiger partial charge in [-0.15, -0.1) is 0 Å². The van der Waals surface area contributed by atoms with Crippen LogP contribution in [0.1, 0.15) is 36.1 Å². The third kappa shape index (κ3) is 3.90. The molecule has 0 atom stereocenters. The van der Waals surface area contributed by atoms with Gasteiger partial charge in [0.2, 0.25) is 0 Å². The van der Waals surface area contributed by atoms with Gasteiger partial charge in [0, 0.05) is 6.07 Å². The molecule has 0 aliphatic rings. The number of hydrogen-bond donors (Lipinski definition) is 1. The number of hydrogen-bond acceptors (Lipinski definition) is 3. The predicted octanol–water partition coefficient (Wildman–Crippen LogP) is 0.107. The Morgan fingerprint density at radius 3 is 2.87 bits per heavy atom. The van der Waals surface area contributed by atoms with E-state index in [1.165, 1.54) is 12.3 Å². The number of aryl methyl sites for hydroxylation is 1. The van der Waals surface area contributed by atoms with Crippen molar-refractivity contribution in [3.05, 3.63) is 29.0 Å². The van der Waals surface area contributed by atoms with Gasteiger partial charge >= 0.3 is 30.7 Å². The second-order valence-electron chi connectivity index (χ2n) is 2.96. The number of aromatic carboxylic acids is 1. The molecule has 78 valence electrons. The molecule has 5 nitrogen and oxygen atoms in total. The average Bonchev–Trinajstić information content (AvgIpc) is 2.16. The van der Waals surface area contributed by atoms with Crippen molar-refractivity contribution >= 4 is 24.8 Å². The Kier molecular flexibility index (Phi) is 5.98. The second kappa shape index (κ2) is 6.43. The van der Waals surface area contributed by atoms with Crippen LogP contribution < -0.4 is 4.73 Å². The van der Waals surface area contributed by atoms with Crippen molar-refractivity contribution in [2.75, 3.05) is 0 Å². The van der Waals surface area contributed by atoms with Crippen molar-refractivity contribution in [1.82, 2.24) is 4.98 Å². The Hall–Kier alpha value is -1.05. The summed E-state index contributed by atoms with van der Waals surface area (Å²) in [7, 11) is 0. The quantitative estimate of drug-likeness (QED) is 0.429. The molecule has 0 spiro atoms. The Bertz CT molecular complexity index is 344. The van der Waals surface area contributed by atoms with Gasteiger partial charge in [0.1, 0.15) is 0 Å². The number of aromatic nitrogens is 2. The van der Waals surface area contributed by atoms with Crippen molar-refractivity contribution in [3.8, 4) is 0 Å². The fourth-order valence-corrected chi connectivity index (χ4v) is 1.07. The minimum atomic E-state index is -1.11. The number of carbonyl (C=O) groups is 1. The van der Waals surface area contributed by atoms with Crippen LogP contribution in [0.15, 0.2) is 12.3 Å². The molecular formula is C9H13LiN2O3. The fourth-order valence-electron chi connectivity index (χ4n) is 1.07. The van der Waals surface area contributed by atoms with E-state index in [1.54, 1.807) is 0 Å². The molecule has 0 fully saturated rings. The number of rotatable bonds is 4. The minimum absolute atomic E-state index is 0. The Labute approximate surface area is 99.9 Å². The van der Waals surface area contributed by atoms with Gasteiger partial charge in [0.25, 0.3) is 5.69 Å². The zero-order valence-electron chi connectivity index (χ0n) is 7.93. The number of unbranched alkanes of at least 4 members (excludes halogenated alkanes) is 1. The van der Waals surface area contributed by atoms with Crippen LogP contribution in [-0.2, 0) is 6.42 Å². The first-order valence-electron chi connectivity index (χ1n) is 4.47. The molecule has 0 aliphatic heterocycles. The van der Waals surface area contributed by atoms with Gasteiger partial charge in [-0.1, -0.05) is 13.3 Å². The molecule has 0 unspecified atom stereocenters. The Morgan fingerprint density at radius 1 is 1.67 bits per heavy atom. The molecule has 0 radical (unpaired) electrons. The monoisotopic (exact) mass is 204 g/mol. The summed E-state index contributed by atoms with van der Waals surface area (Å²) in [5.74, 6) is -0.838. The topological polar surface area (TPSA) is 77.1 Å². The van der Waals surface area contributed by atoms with E-state index in [1.807, 2.05) is 6.92 Å². The molecule has 1 aromatic rings. The van der Waals surface area contributed by atoms with Gasteiger partial charge in [-0.2, -0.15) is 0 Å². The Balaban J connectivity index is 0.00000196. The molecular weight excluding hydrogens is 191 g/mol. The van der Waals surface area contributed by atoms with E-state index in [9.17, 15) is 10.0 Å². The zero-order chi connectivity index (χ0) is 10.6. The molecule has 0 amide bonds. The first-order chi connectivity index (χ1) is 6.65. The summed E-state index contributed by atoms with van der Waals surface area (Å²) in [5, 5.41) is 19.8. The molecule has 1 aromatic heterocycles. The van der Waals surface area contributed by atoms with E-state index < -0.39 is 5.97 Å². The summed E-state index contributed by atoms with van der Waals surface area (Å²) in [5.41, 5.74) is -0.0804. The van der Waals surface area contributed by atoms with Crippen molar-refractivity contribution in [2.24, 2.45) is 0 Å². The maximum absolute atomic E-state index is 11.2. The van der Waals surface area contributed by atoms with Crippen LogP contribution in [0.5, 0.6) is 0 Å². The van der Waals surface area contributed by atoms with Gasteiger partial charge in [-0.05, 0) is 11.4 Å². The molecule has 0 saturated heterocycles. The zero-order valence-corrected chi connectivity index (χ0v) is 7.93. The summed E-state index contributed by atoms with van der Waals surface area (Å²) < 4.78 is 0.613. The van der Waals surface area contributed by atoms with Crippen LogP contribution in [-0.4, -0.2) is 34.9 Å². The van der Waals surface area contributed by atoms with Crippen molar-refractivity contribution in [1.29, 1.82) is 0 Å². The summed E-state index contributed by atoms with van der Waals surface area (Å²) in [4.78, 5) is 14.3. The summed E-state index contributed by atoms with van der Waals surface area (Å²) >= 11 is 0. The van der Waals surface area contributed by atoms with Crippen LogP contribution >= 0.6 is 0 Å². The van der Waals surface area contributed by atoms with Crippen LogP contribution in [0.2, 0.25) is 0 Å². The van der Waals surface area contributed by atoms with Crippen molar-refractivity contribution in [3.63, 3.8) is 0 Å². The third-order valence-electron chi connectivity index (χ3n) is 1.84. The van der Waals surface area contributed by atoms with Gasteiger partial charge < -0.3 is 10.3 Å². The number of nitrogens with zero attached hydrogens (tertiary/aromatic N) is 2. The molecule has 0 aliphatic carbocycles. The summed E-state index contributed by atoms with van der Waals surface area (Å²) in [6, 6.07) is 1.20. The SMILES string of the molecule is CCCCc1nc(C(=O)O)cc[n+]1[O-].[LiH]. The van der Waals surface area contributed by atoms with Crippen LogP contribution in [0, 0.1) is 5.21 Å². The number of carboxylic acid groups (broad SMARTS) is 1. The number of carboxylic acids is 1. The van der Waals surface area contributed by atoms with Gasteiger partial charge in [-0.25, -0.2) is 9.52 Å². The average molecular weight is 204 g/mol. The fraction of sp³-hybridized carbons (Fsp3) is 0.444. The van der Waals surface area contributed by atoms with Gasteiger partial charge in [0.05, 0.1) is 12.6 Å². The predicted molar refractivity (Wildman–Crippen MR) is 55.9 cm³/mol. The van der Waals surface area contributed by atoms with E-state index in [4.69, 9.17) is 5.11 Å².